The van der Waals surface area contributed by atoms with Gasteiger partial charge >= 0.3 is 5.97 Å². The van der Waals surface area contributed by atoms with Gasteiger partial charge in [0.05, 0.1) is 20.8 Å². The molecule has 0 bridgehead atoms. The van der Waals surface area contributed by atoms with Crippen LogP contribution in [0.5, 0.6) is 23.0 Å². The molecular formula is C20H22O7. The van der Waals surface area contributed by atoms with Crippen LogP contribution in [0.25, 0.3) is 0 Å². The molecule has 2 aromatic carbocycles. The second-order valence-electron chi connectivity index (χ2n) is 6.61. The summed E-state index contributed by atoms with van der Waals surface area (Å²) in [6.07, 6.45) is 0.399. The first-order valence-electron chi connectivity index (χ1n) is 8.48. The third-order valence-corrected chi connectivity index (χ3v) is 4.89. The van der Waals surface area contributed by atoms with Gasteiger partial charge in [-0.25, -0.2) is 4.79 Å². The van der Waals surface area contributed by atoms with E-state index in [2.05, 4.69) is 0 Å². The van der Waals surface area contributed by atoms with Crippen LogP contribution in [0.15, 0.2) is 36.4 Å². The van der Waals surface area contributed by atoms with Crippen LogP contribution in [0.3, 0.4) is 0 Å². The number of esters is 1. The largest absolute Gasteiger partial charge is 0.504 e. The maximum absolute atomic E-state index is 12.3. The van der Waals surface area contributed by atoms with Crippen LogP contribution in [0.2, 0.25) is 0 Å². The Morgan fingerprint density at radius 2 is 1.59 bits per heavy atom. The van der Waals surface area contributed by atoms with E-state index in [1.54, 1.807) is 24.3 Å². The minimum absolute atomic E-state index is 0.0185. The monoisotopic (exact) mass is 374 g/mol. The van der Waals surface area contributed by atoms with Gasteiger partial charge in [-0.15, -0.1) is 0 Å². The fraction of sp³-hybridized carbons (Fsp3) is 0.350. The van der Waals surface area contributed by atoms with Crippen LogP contribution in [0.1, 0.15) is 11.1 Å². The lowest BCUT2D eigenvalue weighted by Gasteiger charge is -2.26. The summed E-state index contributed by atoms with van der Waals surface area (Å²) in [4.78, 5) is 12.3. The molecule has 1 aliphatic rings. The van der Waals surface area contributed by atoms with Crippen molar-refractivity contribution in [2.75, 3.05) is 20.8 Å². The first-order chi connectivity index (χ1) is 12.9. The van der Waals surface area contributed by atoms with E-state index >= 15 is 0 Å². The van der Waals surface area contributed by atoms with E-state index in [-0.39, 0.29) is 30.3 Å². The van der Waals surface area contributed by atoms with Crippen molar-refractivity contribution in [3.63, 3.8) is 0 Å². The molecule has 7 heteroatoms. The van der Waals surface area contributed by atoms with E-state index < -0.39 is 17.5 Å². The average Bonchev–Trinajstić information content (AvgIpc) is 2.92. The molecule has 1 fully saturated rings. The molecule has 0 unspecified atom stereocenters. The summed E-state index contributed by atoms with van der Waals surface area (Å²) in [7, 11) is 2.88. The third kappa shape index (κ3) is 3.64. The van der Waals surface area contributed by atoms with Crippen molar-refractivity contribution < 1.29 is 34.3 Å². The van der Waals surface area contributed by atoms with Crippen molar-refractivity contribution >= 4 is 5.97 Å². The Balaban J connectivity index is 1.84. The van der Waals surface area contributed by atoms with Gasteiger partial charge in [0.1, 0.15) is 0 Å². The van der Waals surface area contributed by atoms with Crippen LogP contribution in [-0.4, -0.2) is 47.7 Å². The van der Waals surface area contributed by atoms with Crippen molar-refractivity contribution in [1.82, 2.24) is 0 Å². The smallest absolute Gasteiger partial charge is 0.338 e. The average molecular weight is 374 g/mol. The van der Waals surface area contributed by atoms with Crippen molar-refractivity contribution in [3.8, 4) is 23.0 Å². The first-order valence-corrected chi connectivity index (χ1v) is 8.48. The molecule has 27 heavy (non-hydrogen) atoms. The van der Waals surface area contributed by atoms with E-state index in [4.69, 9.17) is 14.2 Å². The second kappa shape index (κ2) is 7.36. The maximum atomic E-state index is 12.3. The summed E-state index contributed by atoms with van der Waals surface area (Å²) >= 11 is 0. The van der Waals surface area contributed by atoms with Crippen LogP contribution in [0, 0.1) is 5.92 Å². The molecule has 0 aromatic heterocycles. The van der Waals surface area contributed by atoms with Crippen molar-refractivity contribution in [3.05, 3.63) is 47.5 Å². The summed E-state index contributed by atoms with van der Waals surface area (Å²) in [6.45, 7) is 0.0910. The molecule has 1 aliphatic heterocycles. The van der Waals surface area contributed by atoms with Crippen molar-refractivity contribution in [2.45, 2.75) is 18.4 Å². The number of methoxy groups -OCH3 is 2. The number of carbonyl (C=O) groups excluding carboxylic acids is 1. The van der Waals surface area contributed by atoms with Crippen molar-refractivity contribution in [2.24, 2.45) is 5.92 Å². The molecule has 2 aromatic rings. The zero-order valence-corrected chi connectivity index (χ0v) is 15.1. The first kappa shape index (κ1) is 18.8. The Morgan fingerprint density at radius 1 is 1.04 bits per heavy atom. The number of ether oxygens (including phenoxy) is 3. The lowest BCUT2D eigenvalue weighted by Crippen LogP contribution is -2.44. The molecule has 0 saturated carbocycles. The Morgan fingerprint density at radius 3 is 2.19 bits per heavy atom. The van der Waals surface area contributed by atoms with E-state index in [9.17, 15) is 20.1 Å². The lowest BCUT2D eigenvalue weighted by molar-refractivity contribution is -0.154. The van der Waals surface area contributed by atoms with Gasteiger partial charge in [0.25, 0.3) is 0 Å². The Hall–Kier alpha value is -2.93. The Bertz CT molecular complexity index is 848. The summed E-state index contributed by atoms with van der Waals surface area (Å²) in [5, 5.41) is 30.5. The number of hydrogen-bond donors (Lipinski definition) is 3. The number of aromatic hydroxyl groups is 2. The normalized spacial score (nSPS) is 21.7. The number of hydrogen-bond acceptors (Lipinski definition) is 7. The van der Waals surface area contributed by atoms with Gasteiger partial charge in [0, 0.05) is 12.3 Å². The zero-order valence-electron chi connectivity index (χ0n) is 15.1. The van der Waals surface area contributed by atoms with E-state index in [1.807, 2.05) is 0 Å². The fourth-order valence-corrected chi connectivity index (χ4v) is 3.33. The molecule has 2 atom stereocenters. The van der Waals surface area contributed by atoms with Gasteiger partial charge in [-0.05, 0) is 41.8 Å². The molecule has 0 amide bonds. The lowest BCUT2D eigenvalue weighted by atomic mass is 9.81. The minimum Gasteiger partial charge on any atom is -0.504 e. The van der Waals surface area contributed by atoms with Gasteiger partial charge < -0.3 is 29.5 Å². The molecule has 144 valence electrons. The highest BCUT2D eigenvalue weighted by molar-refractivity contribution is 5.82. The zero-order chi connectivity index (χ0) is 19.6. The summed E-state index contributed by atoms with van der Waals surface area (Å²) < 4.78 is 15.3. The van der Waals surface area contributed by atoms with Crippen LogP contribution >= 0.6 is 0 Å². The second-order valence-corrected chi connectivity index (χ2v) is 6.61. The van der Waals surface area contributed by atoms with Gasteiger partial charge in [0.15, 0.2) is 28.6 Å². The Kier molecular flexibility index (Phi) is 5.14. The summed E-state index contributed by atoms with van der Waals surface area (Å²) in [5.74, 6) is -0.558. The quantitative estimate of drug-likeness (QED) is 0.662. The topological polar surface area (TPSA) is 105 Å². The van der Waals surface area contributed by atoms with Crippen LogP contribution in [-0.2, 0) is 22.4 Å². The van der Waals surface area contributed by atoms with Gasteiger partial charge in [-0.3, -0.25) is 0 Å². The molecule has 0 radical (unpaired) electrons. The fourth-order valence-electron chi connectivity index (χ4n) is 3.33. The Labute approximate surface area is 156 Å². The molecular weight excluding hydrogens is 352 g/mol. The number of aliphatic hydroxyl groups is 1. The number of carbonyl (C=O) groups is 1. The number of cyclic esters (lactones) is 1. The summed E-state index contributed by atoms with van der Waals surface area (Å²) in [5.41, 5.74) is -0.262. The highest BCUT2D eigenvalue weighted by atomic mass is 16.6. The van der Waals surface area contributed by atoms with E-state index in [0.717, 1.165) is 5.56 Å². The molecule has 1 heterocycles. The standard InChI is InChI=1S/C20H22O7/c1-25-17-8-12(3-5-15(17)21)7-14-11-27-19(23)20(14,24)10-13-4-6-16(22)18(9-13)26-2/h3-6,8-9,14,21-22,24H,7,10-11H2,1-2H3/t14-,20-/m0/s1. The third-order valence-electron chi connectivity index (χ3n) is 4.89. The number of benzene rings is 2. The highest BCUT2D eigenvalue weighted by Gasteiger charge is 2.51. The van der Waals surface area contributed by atoms with Crippen LogP contribution < -0.4 is 9.47 Å². The van der Waals surface area contributed by atoms with E-state index in [0.29, 0.717) is 17.7 Å². The molecule has 1 saturated heterocycles. The van der Waals surface area contributed by atoms with Gasteiger partial charge in [0.2, 0.25) is 0 Å². The molecule has 0 spiro atoms. The molecule has 3 rings (SSSR count). The van der Waals surface area contributed by atoms with Crippen LogP contribution in [0.4, 0.5) is 0 Å². The highest BCUT2D eigenvalue weighted by Crippen LogP contribution is 2.36. The molecule has 7 nitrogen and oxygen atoms in total. The van der Waals surface area contributed by atoms with E-state index in [1.165, 1.54) is 26.4 Å². The van der Waals surface area contributed by atoms with Gasteiger partial charge in [-0.1, -0.05) is 12.1 Å². The van der Waals surface area contributed by atoms with Crippen molar-refractivity contribution in [1.29, 1.82) is 0 Å². The number of phenols is 2. The number of phenolic OH excluding ortho intramolecular Hbond substituents is 2. The predicted octanol–water partition coefficient (Wildman–Crippen LogP) is 1.80. The maximum Gasteiger partial charge on any atom is 0.338 e. The number of rotatable bonds is 6. The van der Waals surface area contributed by atoms with Gasteiger partial charge in [-0.2, -0.15) is 0 Å². The minimum atomic E-state index is -1.70. The summed E-state index contributed by atoms with van der Waals surface area (Å²) in [6, 6.07) is 9.56. The molecule has 0 aliphatic carbocycles. The molecule has 3 N–H and O–H groups in total. The predicted molar refractivity (Wildman–Crippen MR) is 96.1 cm³/mol. The SMILES string of the molecule is COc1cc(C[C@H]2COC(=O)[C@]2(O)Cc2ccc(O)c(OC)c2)ccc1O.